The summed E-state index contributed by atoms with van der Waals surface area (Å²) in [5.41, 5.74) is -8.43. The van der Waals surface area contributed by atoms with E-state index in [1.54, 1.807) is 0 Å². The third-order valence-corrected chi connectivity index (χ3v) is 4.97. The molecule has 2 aromatic carbocycles. The van der Waals surface area contributed by atoms with E-state index in [0.717, 1.165) is 24.3 Å². The van der Waals surface area contributed by atoms with Crippen molar-refractivity contribution in [3.63, 3.8) is 0 Å². The summed E-state index contributed by atoms with van der Waals surface area (Å²) < 4.78 is 99.5. The summed E-state index contributed by atoms with van der Waals surface area (Å²) >= 11 is 11.4. The Bertz CT molecular complexity index is 1050. The molecule has 5 nitrogen and oxygen atoms in total. The lowest BCUT2D eigenvalue weighted by atomic mass is 10.1. The topological polar surface area (TPSA) is 75.3 Å². The van der Waals surface area contributed by atoms with Crippen molar-refractivity contribution in [2.24, 2.45) is 0 Å². The summed E-state index contributed by atoms with van der Waals surface area (Å²) in [5.74, 6) is -1.17. The first kappa shape index (κ1) is 23.1. The lowest BCUT2D eigenvalue weighted by Crippen LogP contribution is -2.31. The Morgan fingerprint density at radius 1 is 0.897 bits per heavy atom. The summed E-state index contributed by atoms with van der Waals surface area (Å²) in [6, 6.07) is 4.68. The second-order valence-electron chi connectivity index (χ2n) is 5.39. The van der Waals surface area contributed by atoms with Gasteiger partial charge in [-0.05, 0) is 36.4 Å². The van der Waals surface area contributed by atoms with Gasteiger partial charge in [0.15, 0.2) is 0 Å². The number of hydrogen-bond acceptors (Lipinski definition) is 3. The fourth-order valence-corrected chi connectivity index (χ4v) is 2.96. The molecule has 0 fully saturated rings. The maximum atomic E-state index is 12.7. The van der Waals surface area contributed by atoms with E-state index in [1.165, 1.54) is 4.72 Å². The zero-order valence-corrected chi connectivity index (χ0v) is 15.9. The van der Waals surface area contributed by atoms with E-state index >= 15 is 0 Å². The van der Waals surface area contributed by atoms with Gasteiger partial charge in [0.05, 0.1) is 27.5 Å². The largest absolute Gasteiger partial charge is 0.516 e. The number of carbonyl (C=O) groups excluding carboxylic acids is 1. The molecule has 0 atom stereocenters. The number of halogens is 8. The first-order valence-corrected chi connectivity index (χ1v) is 9.42. The number of rotatable bonds is 4. The molecule has 0 bridgehead atoms. The molecular weight excluding hydrogens is 473 g/mol. The van der Waals surface area contributed by atoms with Crippen LogP contribution in [0.5, 0.6) is 0 Å². The fourth-order valence-electron chi connectivity index (χ4n) is 1.98. The average Bonchev–Trinajstić information content (AvgIpc) is 2.56. The Balaban J connectivity index is 2.38. The van der Waals surface area contributed by atoms with E-state index in [-0.39, 0.29) is 10.7 Å². The van der Waals surface area contributed by atoms with Gasteiger partial charge in [0, 0.05) is 5.02 Å². The maximum Gasteiger partial charge on any atom is 0.516 e. The molecule has 1 amide bonds. The van der Waals surface area contributed by atoms with Gasteiger partial charge in [0.25, 0.3) is 5.91 Å². The van der Waals surface area contributed by atoms with Gasteiger partial charge in [0.2, 0.25) is 0 Å². The molecule has 0 aromatic heterocycles. The van der Waals surface area contributed by atoms with Crippen LogP contribution in [0.1, 0.15) is 15.9 Å². The molecule has 0 aliphatic rings. The van der Waals surface area contributed by atoms with E-state index in [4.69, 9.17) is 23.2 Å². The standard InChI is InChI=1S/C15H8Cl2F6N2O3S/c16-8-2-4-11(25-29(27,28)15(21,22)23)9(6-8)13(26)24-12-3-1-7(5-10(12)17)14(18,19)20/h1-6,25H,(H,24,26). The van der Waals surface area contributed by atoms with Gasteiger partial charge in [-0.3, -0.25) is 9.52 Å². The number of sulfonamides is 1. The quantitative estimate of drug-likeness (QED) is 0.565. The Hall–Kier alpha value is -2.18. The van der Waals surface area contributed by atoms with Crippen LogP contribution < -0.4 is 10.0 Å². The molecule has 0 aliphatic carbocycles. The third-order valence-electron chi connectivity index (χ3n) is 3.32. The molecule has 29 heavy (non-hydrogen) atoms. The number of hydrogen-bond donors (Lipinski definition) is 2. The molecular formula is C15H8Cl2F6N2O3S. The molecule has 0 radical (unpaired) electrons. The van der Waals surface area contributed by atoms with Crippen LogP contribution in [-0.2, 0) is 16.2 Å². The Morgan fingerprint density at radius 2 is 1.48 bits per heavy atom. The molecule has 2 aromatic rings. The van der Waals surface area contributed by atoms with E-state index in [1.807, 2.05) is 0 Å². The molecule has 0 saturated heterocycles. The van der Waals surface area contributed by atoms with Gasteiger partial charge in [-0.2, -0.15) is 34.8 Å². The second kappa shape index (κ2) is 7.92. The number of nitrogens with one attached hydrogen (secondary N) is 2. The minimum Gasteiger partial charge on any atom is -0.321 e. The summed E-state index contributed by atoms with van der Waals surface area (Å²) in [6.07, 6.45) is -4.69. The average molecular weight is 481 g/mol. The van der Waals surface area contributed by atoms with Crippen LogP contribution in [-0.4, -0.2) is 19.8 Å². The van der Waals surface area contributed by atoms with Gasteiger partial charge in [-0.15, -0.1) is 0 Å². The van der Waals surface area contributed by atoms with Crippen LogP contribution in [0.25, 0.3) is 0 Å². The van der Waals surface area contributed by atoms with E-state index in [0.29, 0.717) is 12.1 Å². The Labute approximate surface area is 169 Å². The normalized spacial score (nSPS) is 12.6. The maximum absolute atomic E-state index is 12.7. The van der Waals surface area contributed by atoms with Crippen molar-refractivity contribution in [3.8, 4) is 0 Å². The number of benzene rings is 2. The van der Waals surface area contributed by atoms with E-state index in [2.05, 4.69) is 5.32 Å². The van der Waals surface area contributed by atoms with Crippen LogP contribution in [0.3, 0.4) is 0 Å². The Kier molecular flexibility index (Phi) is 6.31. The molecule has 14 heteroatoms. The summed E-state index contributed by atoms with van der Waals surface area (Å²) in [7, 11) is -5.85. The van der Waals surface area contributed by atoms with E-state index in [9.17, 15) is 39.6 Å². The monoisotopic (exact) mass is 480 g/mol. The van der Waals surface area contributed by atoms with Crippen molar-refractivity contribution in [1.29, 1.82) is 0 Å². The van der Waals surface area contributed by atoms with Crippen LogP contribution >= 0.6 is 23.2 Å². The third kappa shape index (κ3) is 5.46. The summed E-state index contributed by atoms with van der Waals surface area (Å²) in [5, 5.41) is 1.46. The molecule has 0 spiro atoms. The minimum atomic E-state index is -5.85. The Morgan fingerprint density at radius 3 is 2.00 bits per heavy atom. The highest BCUT2D eigenvalue weighted by molar-refractivity contribution is 7.93. The summed E-state index contributed by atoms with van der Waals surface area (Å²) in [4.78, 5) is 12.4. The van der Waals surface area contributed by atoms with Crippen LogP contribution in [0.15, 0.2) is 36.4 Å². The number of carbonyl (C=O) groups is 1. The molecule has 0 heterocycles. The molecule has 0 saturated carbocycles. The first-order chi connectivity index (χ1) is 13.1. The summed E-state index contributed by atoms with van der Waals surface area (Å²) in [6.45, 7) is 0. The number of alkyl halides is 6. The van der Waals surface area contributed by atoms with Crippen LogP contribution in [0.2, 0.25) is 10.0 Å². The van der Waals surface area contributed by atoms with E-state index < -0.39 is 49.5 Å². The van der Waals surface area contributed by atoms with Crippen molar-refractivity contribution < 1.29 is 39.6 Å². The number of amides is 1. The lowest BCUT2D eigenvalue weighted by Gasteiger charge is -2.15. The van der Waals surface area contributed by atoms with Gasteiger partial charge < -0.3 is 5.32 Å². The molecule has 0 aliphatic heterocycles. The number of anilines is 2. The van der Waals surface area contributed by atoms with Crippen molar-refractivity contribution in [1.82, 2.24) is 0 Å². The van der Waals surface area contributed by atoms with Crippen LogP contribution in [0, 0.1) is 0 Å². The van der Waals surface area contributed by atoms with Crippen molar-refractivity contribution in [2.75, 3.05) is 10.0 Å². The smallest absolute Gasteiger partial charge is 0.321 e. The van der Waals surface area contributed by atoms with Gasteiger partial charge in [0.1, 0.15) is 0 Å². The van der Waals surface area contributed by atoms with Crippen molar-refractivity contribution >= 4 is 50.5 Å². The zero-order valence-electron chi connectivity index (χ0n) is 13.6. The minimum absolute atomic E-state index is 0.122. The van der Waals surface area contributed by atoms with Crippen molar-refractivity contribution in [2.45, 2.75) is 11.7 Å². The van der Waals surface area contributed by atoms with Gasteiger partial charge >= 0.3 is 21.7 Å². The van der Waals surface area contributed by atoms with Crippen molar-refractivity contribution in [3.05, 3.63) is 57.6 Å². The lowest BCUT2D eigenvalue weighted by molar-refractivity contribution is -0.137. The highest BCUT2D eigenvalue weighted by Gasteiger charge is 2.46. The zero-order chi connectivity index (χ0) is 22.2. The van der Waals surface area contributed by atoms with Crippen LogP contribution in [0.4, 0.5) is 37.7 Å². The second-order valence-corrected chi connectivity index (χ2v) is 7.91. The van der Waals surface area contributed by atoms with Gasteiger partial charge in [-0.1, -0.05) is 23.2 Å². The first-order valence-electron chi connectivity index (χ1n) is 7.18. The molecule has 0 unspecified atom stereocenters. The fraction of sp³-hybridized carbons (Fsp3) is 0.133. The molecule has 2 rings (SSSR count). The highest BCUT2D eigenvalue weighted by Crippen LogP contribution is 2.34. The SMILES string of the molecule is O=C(Nc1ccc(C(F)(F)F)cc1Cl)c1cc(Cl)ccc1NS(=O)(=O)C(F)(F)F. The molecule has 2 N–H and O–H groups in total. The predicted octanol–water partition coefficient (Wildman–Crippen LogP) is 5.53. The highest BCUT2D eigenvalue weighted by atomic mass is 35.5. The molecule has 158 valence electrons. The van der Waals surface area contributed by atoms with Gasteiger partial charge in [-0.25, -0.2) is 0 Å². The predicted molar refractivity (Wildman–Crippen MR) is 94.5 cm³/mol.